The van der Waals surface area contributed by atoms with Crippen LogP contribution < -0.4 is 10.0 Å². The first-order valence-electron chi connectivity index (χ1n) is 5.94. The minimum atomic E-state index is -3.64. The summed E-state index contributed by atoms with van der Waals surface area (Å²) in [6.45, 7) is 2.72. The van der Waals surface area contributed by atoms with Gasteiger partial charge in [-0.2, -0.15) is 0 Å². The van der Waals surface area contributed by atoms with Crippen molar-refractivity contribution in [1.29, 1.82) is 0 Å². The molecule has 0 aromatic heterocycles. The minimum Gasteiger partial charge on any atom is -0.316 e. The Morgan fingerprint density at radius 1 is 1.33 bits per heavy atom. The molecule has 102 valence electrons. The summed E-state index contributed by atoms with van der Waals surface area (Å²) in [5, 5.41) is 2.87. The molecule has 0 heterocycles. The Labute approximate surface area is 108 Å². The van der Waals surface area contributed by atoms with Gasteiger partial charge in [-0.3, -0.25) is 0 Å². The van der Waals surface area contributed by atoms with Crippen LogP contribution in [0.25, 0.3) is 0 Å². The van der Waals surface area contributed by atoms with Crippen molar-refractivity contribution in [3.8, 4) is 0 Å². The third-order valence-corrected chi connectivity index (χ3v) is 4.05. The lowest BCUT2D eigenvalue weighted by Crippen LogP contribution is -2.26. The van der Waals surface area contributed by atoms with Gasteiger partial charge in [0.05, 0.1) is 4.90 Å². The standard InChI is InChI=1S/C12H19FN2O2S/c1-3-4-7-15-18(16,17)12-8-11(13)6-5-10(12)9-14-2/h5-6,8,14-15H,3-4,7,9H2,1-2H3. The molecule has 0 aliphatic rings. The summed E-state index contributed by atoms with van der Waals surface area (Å²) in [6.07, 6.45) is 1.66. The van der Waals surface area contributed by atoms with E-state index >= 15 is 0 Å². The van der Waals surface area contributed by atoms with Gasteiger partial charge in [0, 0.05) is 13.1 Å². The van der Waals surface area contributed by atoms with Gasteiger partial charge >= 0.3 is 0 Å². The second-order valence-corrected chi connectivity index (χ2v) is 5.77. The highest BCUT2D eigenvalue weighted by Crippen LogP contribution is 2.17. The Bertz CT molecular complexity index is 489. The number of hydrogen-bond donors (Lipinski definition) is 2. The van der Waals surface area contributed by atoms with Crippen molar-refractivity contribution in [1.82, 2.24) is 10.0 Å². The van der Waals surface area contributed by atoms with E-state index in [1.54, 1.807) is 7.05 Å². The van der Waals surface area contributed by atoms with Crippen LogP contribution in [0.4, 0.5) is 4.39 Å². The van der Waals surface area contributed by atoms with Gasteiger partial charge in [0.25, 0.3) is 0 Å². The molecule has 0 aliphatic carbocycles. The maximum absolute atomic E-state index is 13.2. The Morgan fingerprint density at radius 2 is 2.06 bits per heavy atom. The third kappa shape index (κ3) is 4.04. The van der Waals surface area contributed by atoms with Gasteiger partial charge in [0.15, 0.2) is 0 Å². The van der Waals surface area contributed by atoms with Crippen molar-refractivity contribution >= 4 is 10.0 Å². The van der Waals surface area contributed by atoms with Crippen molar-refractivity contribution in [3.05, 3.63) is 29.6 Å². The molecule has 1 aromatic carbocycles. The molecule has 0 unspecified atom stereocenters. The van der Waals surface area contributed by atoms with Crippen LogP contribution in [0.5, 0.6) is 0 Å². The summed E-state index contributed by atoms with van der Waals surface area (Å²) in [5.74, 6) is -0.550. The fourth-order valence-electron chi connectivity index (χ4n) is 1.58. The molecule has 0 fully saturated rings. The number of rotatable bonds is 7. The topological polar surface area (TPSA) is 58.2 Å². The SMILES string of the molecule is CCCCNS(=O)(=O)c1cc(F)ccc1CNC. The fourth-order valence-corrected chi connectivity index (χ4v) is 2.90. The smallest absolute Gasteiger partial charge is 0.240 e. The maximum Gasteiger partial charge on any atom is 0.240 e. The minimum absolute atomic E-state index is 0.00736. The van der Waals surface area contributed by atoms with Crippen molar-refractivity contribution in [2.24, 2.45) is 0 Å². The first kappa shape index (κ1) is 15.1. The van der Waals surface area contributed by atoms with Gasteiger partial charge in [0.1, 0.15) is 5.82 Å². The highest BCUT2D eigenvalue weighted by atomic mass is 32.2. The normalized spacial score (nSPS) is 11.7. The molecule has 18 heavy (non-hydrogen) atoms. The van der Waals surface area contributed by atoms with E-state index in [2.05, 4.69) is 10.0 Å². The summed E-state index contributed by atoms with van der Waals surface area (Å²) in [7, 11) is -1.93. The van der Waals surface area contributed by atoms with Crippen molar-refractivity contribution in [2.75, 3.05) is 13.6 Å². The number of benzene rings is 1. The Morgan fingerprint density at radius 3 is 2.67 bits per heavy atom. The van der Waals surface area contributed by atoms with E-state index in [1.807, 2.05) is 6.92 Å². The summed E-state index contributed by atoms with van der Waals surface area (Å²) in [4.78, 5) is 0.00736. The maximum atomic E-state index is 13.2. The van der Waals surface area contributed by atoms with Gasteiger partial charge in [0.2, 0.25) is 10.0 Å². The second kappa shape index (κ2) is 6.82. The first-order valence-corrected chi connectivity index (χ1v) is 7.42. The predicted octanol–water partition coefficient (Wildman–Crippen LogP) is 1.62. The van der Waals surface area contributed by atoms with Crippen LogP contribution in [-0.2, 0) is 16.6 Å². The van der Waals surface area contributed by atoms with E-state index < -0.39 is 15.8 Å². The molecule has 0 bridgehead atoms. The molecular formula is C12H19FN2O2S. The summed E-state index contributed by atoms with van der Waals surface area (Å²) in [5.41, 5.74) is 0.558. The molecular weight excluding hydrogens is 255 g/mol. The number of nitrogens with one attached hydrogen (secondary N) is 2. The van der Waals surface area contributed by atoms with Crippen LogP contribution in [0.2, 0.25) is 0 Å². The summed E-state index contributed by atoms with van der Waals surface area (Å²) < 4.78 is 39.8. The summed E-state index contributed by atoms with van der Waals surface area (Å²) in [6, 6.07) is 3.80. The Hall–Kier alpha value is -0.980. The summed E-state index contributed by atoms with van der Waals surface area (Å²) >= 11 is 0. The highest BCUT2D eigenvalue weighted by Gasteiger charge is 2.18. The van der Waals surface area contributed by atoms with Crippen LogP contribution in [-0.4, -0.2) is 22.0 Å². The zero-order chi connectivity index (χ0) is 13.6. The van der Waals surface area contributed by atoms with E-state index in [4.69, 9.17) is 0 Å². The largest absolute Gasteiger partial charge is 0.316 e. The third-order valence-electron chi connectivity index (χ3n) is 2.51. The van der Waals surface area contributed by atoms with Gasteiger partial charge < -0.3 is 5.32 Å². The van der Waals surface area contributed by atoms with Crippen LogP contribution in [0.1, 0.15) is 25.3 Å². The molecule has 0 saturated heterocycles. The molecule has 0 atom stereocenters. The number of unbranched alkanes of at least 4 members (excludes halogenated alkanes) is 1. The Balaban J connectivity index is 3.01. The highest BCUT2D eigenvalue weighted by molar-refractivity contribution is 7.89. The van der Waals surface area contributed by atoms with Crippen LogP contribution in [0.15, 0.2) is 23.1 Å². The molecule has 0 amide bonds. The molecule has 2 N–H and O–H groups in total. The average Bonchev–Trinajstić information content (AvgIpc) is 2.32. The van der Waals surface area contributed by atoms with E-state index in [-0.39, 0.29) is 4.90 Å². The molecule has 0 spiro atoms. The van der Waals surface area contributed by atoms with Crippen molar-refractivity contribution in [3.63, 3.8) is 0 Å². The van der Waals surface area contributed by atoms with E-state index in [0.717, 1.165) is 18.9 Å². The van der Waals surface area contributed by atoms with Crippen LogP contribution in [0.3, 0.4) is 0 Å². The molecule has 0 aliphatic heterocycles. The molecule has 0 saturated carbocycles. The van der Waals surface area contributed by atoms with E-state index in [9.17, 15) is 12.8 Å². The van der Waals surface area contributed by atoms with Crippen LogP contribution in [0, 0.1) is 5.82 Å². The van der Waals surface area contributed by atoms with E-state index in [1.165, 1.54) is 12.1 Å². The van der Waals surface area contributed by atoms with Gasteiger partial charge in [-0.1, -0.05) is 19.4 Å². The fraction of sp³-hybridized carbons (Fsp3) is 0.500. The second-order valence-electron chi connectivity index (χ2n) is 4.03. The molecule has 4 nitrogen and oxygen atoms in total. The van der Waals surface area contributed by atoms with E-state index in [0.29, 0.717) is 18.7 Å². The van der Waals surface area contributed by atoms with Crippen LogP contribution >= 0.6 is 0 Å². The Kier molecular flexibility index (Phi) is 5.71. The molecule has 6 heteroatoms. The van der Waals surface area contributed by atoms with Gasteiger partial charge in [-0.15, -0.1) is 0 Å². The first-order chi connectivity index (χ1) is 8.51. The van der Waals surface area contributed by atoms with Gasteiger partial charge in [-0.05, 0) is 31.2 Å². The molecule has 1 rings (SSSR count). The van der Waals surface area contributed by atoms with Crippen molar-refractivity contribution in [2.45, 2.75) is 31.2 Å². The monoisotopic (exact) mass is 274 g/mol. The van der Waals surface area contributed by atoms with Gasteiger partial charge in [-0.25, -0.2) is 17.5 Å². The number of halogens is 1. The lowest BCUT2D eigenvalue weighted by atomic mass is 10.2. The van der Waals surface area contributed by atoms with Crippen molar-refractivity contribution < 1.29 is 12.8 Å². The lowest BCUT2D eigenvalue weighted by molar-refractivity contribution is 0.572. The molecule has 1 aromatic rings. The number of hydrogen-bond acceptors (Lipinski definition) is 3. The quantitative estimate of drug-likeness (QED) is 0.743. The zero-order valence-corrected chi connectivity index (χ0v) is 11.5. The number of sulfonamides is 1. The lowest BCUT2D eigenvalue weighted by Gasteiger charge is -2.11. The average molecular weight is 274 g/mol. The molecule has 0 radical (unpaired) electrons. The predicted molar refractivity (Wildman–Crippen MR) is 69.3 cm³/mol. The zero-order valence-electron chi connectivity index (χ0n) is 10.7.